The number of halogens is 2. The molecule has 0 amide bonds. The molecule has 2 aromatic rings. The zero-order valence-corrected chi connectivity index (χ0v) is 13.2. The maximum atomic E-state index is 12.3. The highest BCUT2D eigenvalue weighted by Gasteiger charge is 2.22. The minimum absolute atomic E-state index is 0.0198. The Kier molecular flexibility index (Phi) is 4.06. The second-order valence-electron chi connectivity index (χ2n) is 3.92. The van der Waals surface area contributed by atoms with E-state index in [1.807, 2.05) is 6.92 Å². The van der Waals surface area contributed by atoms with Crippen molar-refractivity contribution in [2.24, 2.45) is 0 Å². The fraction of sp³-hybridized carbons (Fsp3) is 0.182. The number of hydrogen-bond donors (Lipinski definition) is 1. The number of hydrogen-bond acceptors (Lipinski definition) is 4. The number of aryl methyl sites for hydroxylation is 2. The van der Waals surface area contributed by atoms with Crippen LogP contribution in [0.4, 0.5) is 5.13 Å². The highest BCUT2D eigenvalue weighted by atomic mass is 35.5. The fourth-order valence-corrected chi connectivity index (χ4v) is 4.69. The van der Waals surface area contributed by atoms with Gasteiger partial charge in [-0.1, -0.05) is 23.2 Å². The van der Waals surface area contributed by atoms with Crippen LogP contribution in [0, 0.1) is 13.8 Å². The summed E-state index contributed by atoms with van der Waals surface area (Å²) in [6.07, 6.45) is 1.60. The molecule has 1 aromatic carbocycles. The van der Waals surface area contributed by atoms with Gasteiger partial charge < -0.3 is 0 Å². The molecule has 0 atom stereocenters. The topological polar surface area (TPSA) is 59.1 Å². The molecule has 0 saturated carbocycles. The van der Waals surface area contributed by atoms with Crippen molar-refractivity contribution in [3.05, 3.63) is 38.8 Å². The first-order valence-electron chi connectivity index (χ1n) is 5.20. The van der Waals surface area contributed by atoms with E-state index >= 15 is 0 Å². The number of aromatic nitrogens is 1. The molecule has 0 spiro atoms. The Bertz CT molecular complexity index is 703. The molecule has 1 aromatic heterocycles. The standard InChI is InChI=1S/C11H10Cl2N2O2S2/c1-6-3-8(12)4-9(13)10(6)19(16,17)15-11-14-5-7(2)18-11/h3-5H,1-2H3,(H,14,15). The van der Waals surface area contributed by atoms with Crippen LogP contribution in [0.2, 0.25) is 10.0 Å². The first-order chi connectivity index (χ1) is 8.79. The lowest BCUT2D eigenvalue weighted by atomic mass is 10.2. The summed E-state index contributed by atoms with van der Waals surface area (Å²) < 4.78 is 27.0. The normalized spacial score (nSPS) is 11.6. The van der Waals surface area contributed by atoms with E-state index < -0.39 is 10.0 Å². The van der Waals surface area contributed by atoms with E-state index in [1.165, 1.54) is 17.4 Å². The third-order valence-electron chi connectivity index (χ3n) is 2.31. The van der Waals surface area contributed by atoms with Crippen molar-refractivity contribution < 1.29 is 8.42 Å². The Morgan fingerprint density at radius 2 is 1.95 bits per heavy atom. The van der Waals surface area contributed by atoms with Crippen molar-refractivity contribution in [1.82, 2.24) is 4.98 Å². The average molecular weight is 337 g/mol. The lowest BCUT2D eigenvalue weighted by molar-refractivity contribution is 0.600. The van der Waals surface area contributed by atoms with Crippen LogP contribution in [0.15, 0.2) is 23.2 Å². The predicted molar refractivity (Wildman–Crippen MR) is 78.9 cm³/mol. The van der Waals surface area contributed by atoms with Crippen LogP contribution in [0.1, 0.15) is 10.4 Å². The van der Waals surface area contributed by atoms with Gasteiger partial charge in [-0.25, -0.2) is 13.4 Å². The Hall–Kier alpha value is -0.820. The third-order valence-corrected chi connectivity index (χ3v) is 5.43. The SMILES string of the molecule is Cc1cnc(NS(=O)(=O)c2c(C)cc(Cl)cc2Cl)s1. The monoisotopic (exact) mass is 336 g/mol. The molecule has 4 nitrogen and oxygen atoms in total. The van der Waals surface area contributed by atoms with Gasteiger partial charge in [-0.05, 0) is 31.5 Å². The van der Waals surface area contributed by atoms with Gasteiger partial charge in [-0.2, -0.15) is 0 Å². The Balaban J connectivity index is 2.45. The Labute approximate surface area is 125 Å². The van der Waals surface area contributed by atoms with Crippen LogP contribution in [-0.2, 0) is 10.0 Å². The first kappa shape index (κ1) is 14.6. The summed E-state index contributed by atoms with van der Waals surface area (Å²) in [6, 6.07) is 2.95. The van der Waals surface area contributed by atoms with Gasteiger partial charge in [0, 0.05) is 16.1 Å². The van der Waals surface area contributed by atoms with Crippen molar-refractivity contribution in [3.8, 4) is 0 Å². The molecule has 2 rings (SSSR count). The number of nitrogens with one attached hydrogen (secondary N) is 1. The van der Waals surface area contributed by atoms with Crippen molar-refractivity contribution in [1.29, 1.82) is 0 Å². The van der Waals surface area contributed by atoms with Gasteiger partial charge in [-0.3, -0.25) is 4.72 Å². The van der Waals surface area contributed by atoms with Crippen molar-refractivity contribution in [2.75, 3.05) is 4.72 Å². The minimum Gasteiger partial charge on any atom is -0.255 e. The molecular weight excluding hydrogens is 327 g/mol. The molecule has 0 aliphatic carbocycles. The quantitative estimate of drug-likeness (QED) is 0.925. The number of sulfonamides is 1. The molecular formula is C11H10Cl2N2O2S2. The molecule has 0 unspecified atom stereocenters. The minimum atomic E-state index is -3.77. The zero-order chi connectivity index (χ0) is 14.2. The van der Waals surface area contributed by atoms with E-state index in [1.54, 1.807) is 19.2 Å². The lowest BCUT2D eigenvalue weighted by Gasteiger charge is -2.10. The van der Waals surface area contributed by atoms with Gasteiger partial charge in [-0.15, -0.1) is 11.3 Å². The van der Waals surface area contributed by atoms with E-state index in [0.29, 0.717) is 15.7 Å². The number of nitrogens with zero attached hydrogens (tertiary/aromatic N) is 1. The molecule has 0 fully saturated rings. The number of benzene rings is 1. The molecule has 0 aliphatic heterocycles. The van der Waals surface area contributed by atoms with Crippen LogP contribution >= 0.6 is 34.5 Å². The molecule has 0 bridgehead atoms. The summed E-state index contributed by atoms with van der Waals surface area (Å²) in [7, 11) is -3.77. The van der Waals surface area contributed by atoms with Gasteiger partial charge in [0.2, 0.25) is 0 Å². The first-order valence-corrected chi connectivity index (χ1v) is 8.26. The third kappa shape index (κ3) is 3.20. The second-order valence-corrected chi connectivity index (χ2v) is 7.61. The van der Waals surface area contributed by atoms with E-state index in [0.717, 1.165) is 4.88 Å². The Morgan fingerprint density at radius 1 is 1.26 bits per heavy atom. The highest BCUT2D eigenvalue weighted by Crippen LogP contribution is 2.31. The van der Waals surface area contributed by atoms with Gasteiger partial charge in [0.05, 0.1) is 5.02 Å². The maximum absolute atomic E-state index is 12.3. The van der Waals surface area contributed by atoms with Gasteiger partial charge >= 0.3 is 0 Å². The maximum Gasteiger partial charge on any atom is 0.265 e. The molecule has 102 valence electrons. The number of anilines is 1. The number of thiazole rings is 1. The van der Waals surface area contributed by atoms with Gasteiger partial charge in [0.25, 0.3) is 10.0 Å². The molecule has 1 N–H and O–H groups in total. The van der Waals surface area contributed by atoms with Crippen LogP contribution in [0.5, 0.6) is 0 Å². The summed E-state index contributed by atoms with van der Waals surface area (Å²) in [5.41, 5.74) is 0.485. The van der Waals surface area contributed by atoms with E-state index in [2.05, 4.69) is 9.71 Å². The zero-order valence-electron chi connectivity index (χ0n) is 10.1. The summed E-state index contributed by atoms with van der Waals surface area (Å²) in [6.45, 7) is 3.48. The average Bonchev–Trinajstić information content (AvgIpc) is 2.60. The lowest BCUT2D eigenvalue weighted by Crippen LogP contribution is -2.14. The van der Waals surface area contributed by atoms with Crippen LogP contribution < -0.4 is 4.72 Å². The summed E-state index contributed by atoms with van der Waals surface area (Å²) >= 11 is 13.0. The molecule has 19 heavy (non-hydrogen) atoms. The van der Waals surface area contributed by atoms with Crippen LogP contribution in [-0.4, -0.2) is 13.4 Å². The van der Waals surface area contributed by atoms with Crippen LogP contribution in [0.25, 0.3) is 0 Å². The van der Waals surface area contributed by atoms with Gasteiger partial charge in [0.1, 0.15) is 4.90 Å². The van der Waals surface area contributed by atoms with E-state index in [9.17, 15) is 8.42 Å². The summed E-state index contributed by atoms with van der Waals surface area (Å²) in [5.74, 6) is 0. The molecule has 1 heterocycles. The number of rotatable bonds is 3. The van der Waals surface area contributed by atoms with Crippen LogP contribution in [0.3, 0.4) is 0 Å². The molecule has 8 heteroatoms. The van der Waals surface area contributed by atoms with E-state index in [-0.39, 0.29) is 9.92 Å². The molecule has 0 aliphatic rings. The van der Waals surface area contributed by atoms with E-state index in [4.69, 9.17) is 23.2 Å². The van der Waals surface area contributed by atoms with Crippen molar-refractivity contribution >= 4 is 49.7 Å². The largest absolute Gasteiger partial charge is 0.265 e. The second kappa shape index (κ2) is 5.28. The fourth-order valence-electron chi connectivity index (χ4n) is 1.60. The molecule has 0 radical (unpaired) electrons. The summed E-state index contributed by atoms with van der Waals surface area (Å²) in [4.78, 5) is 4.90. The Morgan fingerprint density at radius 3 is 2.47 bits per heavy atom. The predicted octanol–water partition coefficient (Wildman–Crippen LogP) is 3.87. The highest BCUT2D eigenvalue weighted by molar-refractivity contribution is 7.93. The van der Waals surface area contributed by atoms with Crippen molar-refractivity contribution in [3.63, 3.8) is 0 Å². The van der Waals surface area contributed by atoms with Gasteiger partial charge in [0.15, 0.2) is 5.13 Å². The van der Waals surface area contributed by atoms with Crippen molar-refractivity contribution in [2.45, 2.75) is 18.7 Å². The smallest absolute Gasteiger partial charge is 0.255 e. The summed E-state index contributed by atoms with van der Waals surface area (Å²) in [5, 5.41) is 0.792. The molecule has 0 saturated heterocycles.